The molecule has 1 aliphatic rings. The van der Waals surface area contributed by atoms with E-state index in [1.54, 1.807) is 18.3 Å². The lowest BCUT2D eigenvalue weighted by Crippen LogP contribution is -2.41. The van der Waals surface area contributed by atoms with E-state index < -0.39 is 12.1 Å². The number of hydrogen-bond donors (Lipinski definition) is 1. The number of nitrogens with one attached hydrogen (secondary N) is 1. The Morgan fingerprint density at radius 2 is 2.12 bits per heavy atom. The minimum absolute atomic E-state index is 0.291. The van der Waals surface area contributed by atoms with Crippen molar-refractivity contribution < 1.29 is 14.3 Å². The first-order valence-electron chi connectivity index (χ1n) is 7.73. The maximum Gasteiger partial charge on any atom is 0.339 e. The lowest BCUT2D eigenvalue weighted by Gasteiger charge is -2.23. The van der Waals surface area contributed by atoms with E-state index >= 15 is 0 Å². The summed E-state index contributed by atoms with van der Waals surface area (Å²) < 4.78 is 5.25. The number of nitrogens with zero attached hydrogens (tertiary/aromatic N) is 2. The molecule has 124 valence electrons. The third-order valence-corrected chi connectivity index (χ3v) is 3.92. The number of benzene rings is 1. The molecule has 1 aromatic carbocycles. The van der Waals surface area contributed by atoms with Crippen molar-refractivity contribution in [1.82, 2.24) is 10.3 Å². The van der Waals surface area contributed by atoms with E-state index in [1.807, 2.05) is 43.3 Å². The quantitative estimate of drug-likeness (QED) is 0.864. The molecular weight excluding hydrogens is 306 g/mol. The fraction of sp³-hybridized carbons (Fsp3) is 0.278. The van der Waals surface area contributed by atoms with Crippen LogP contribution in [0.25, 0.3) is 0 Å². The Bertz CT molecular complexity index is 774. The second kappa shape index (κ2) is 6.70. The van der Waals surface area contributed by atoms with Gasteiger partial charge in [0.15, 0.2) is 6.10 Å². The summed E-state index contributed by atoms with van der Waals surface area (Å²) in [6.07, 6.45) is 1.31. The lowest BCUT2D eigenvalue weighted by atomic mass is 9.98. The molecule has 0 saturated heterocycles. The Kier molecular flexibility index (Phi) is 4.46. The van der Waals surface area contributed by atoms with Gasteiger partial charge < -0.3 is 15.0 Å². The van der Waals surface area contributed by atoms with Crippen molar-refractivity contribution in [3.63, 3.8) is 0 Å². The Morgan fingerprint density at radius 1 is 1.33 bits per heavy atom. The van der Waals surface area contributed by atoms with Crippen molar-refractivity contribution in [1.29, 1.82) is 0 Å². The zero-order valence-corrected chi connectivity index (χ0v) is 13.7. The normalized spacial score (nSPS) is 16.1. The number of carbonyl (C=O) groups excluding carboxylic acids is 2. The first-order valence-corrected chi connectivity index (χ1v) is 7.73. The molecule has 2 heterocycles. The Morgan fingerprint density at radius 3 is 2.92 bits per heavy atom. The molecule has 0 spiro atoms. The van der Waals surface area contributed by atoms with Gasteiger partial charge in [0, 0.05) is 33.3 Å². The van der Waals surface area contributed by atoms with Crippen LogP contribution in [0.4, 0.5) is 5.82 Å². The standard InChI is InChI=1S/C18H19N3O3/c1-21(2)16-9-12(7-8-19-16)11-20-17(22)15-10-13-5-3-4-6-14(13)18(23)24-15/h3-9,15H,10-11H2,1-2H3,(H,20,22)/t15-/m1/s1. The van der Waals surface area contributed by atoms with E-state index in [4.69, 9.17) is 4.74 Å². The number of fused-ring (bicyclic) bond motifs is 1. The highest BCUT2D eigenvalue weighted by molar-refractivity contribution is 5.95. The summed E-state index contributed by atoms with van der Waals surface area (Å²) in [5.74, 6) is 0.0802. The minimum Gasteiger partial charge on any atom is -0.448 e. The average molecular weight is 325 g/mol. The van der Waals surface area contributed by atoms with Gasteiger partial charge in [0.25, 0.3) is 5.91 Å². The second-order valence-corrected chi connectivity index (χ2v) is 5.89. The smallest absolute Gasteiger partial charge is 0.339 e. The Hall–Kier alpha value is -2.89. The topological polar surface area (TPSA) is 71.5 Å². The number of amides is 1. The molecule has 6 nitrogen and oxygen atoms in total. The lowest BCUT2D eigenvalue weighted by molar-refractivity contribution is -0.130. The molecule has 2 aromatic rings. The predicted molar refractivity (Wildman–Crippen MR) is 89.8 cm³/mol. The molecule has 0 saturated carbocycles. The van der Waals surface area contributed by atoms with E-state index in [9.17, 15) is 9.59 Å². The highest BCUT2D eigenvalue weighted by Gasteiger charge is 2.30. The van der Waals surface area contributed by atoms with Gasteiger partial charge in [0.2, 0.25) is 0 Å². The molecule has 1 aromatic heterocycles. The molecule has 0 radical (unpaired) electrons. The van der Waals surface area contributed by atoms with Gasteiger partial charge in [-0.15, -0.1) is 0 Å². The molecule has 3 rings (SSSR count). The highest BCUT2D eigenvalue weighted by atomic mass is 16.5. The van der Waals surface area contributed by atoms with Crippen LogP contribution in [0.3, 0.4) is 0 Å². The van der Waals surface area contributed by atoms with Gasteiger partial charge in [-0.2, -0.15) is 0 Å². The molecule has 1 aliphatic heterocycles. The average Bonchev–Trinajstić information content (AvgIpc) is 2.60. The van der Waals surface area contributed by atoms with E-state index in [0.717, 1.165) is 16.9 Å². The summed E-state index contributed by atoms with van der Waals surface area (Å²) in [7, 11) is 3.81. The van der Waals surface area contributed by atoms with E-state index in [1.165, 1.54) is 0 Å². The number of ether oxygens (including phenoxy) is 1. The van der Waals surface area contributed by atoms with Crippen LogP contribution >= 0.6 is 0 Å². The summed E-state index contributed by atoms with van der Waals surface area (Å²) in [6, 6.07) is 10.9. The van der Waals surface area contributed by atoms with Crippen LogP contribution in [0.15, 0.2) is 42.6 Å². The van der Waals surface area contributed by atoms with E-state index in [-0.39, 0.29) is 5.91 Å². The number of pyridine rings is 1. The van der Waals surface area contributed by atoms with Crippen LogP contribution in [-0.4, -0.2) is 37.1 Å². The Labute approximate surface area is 140 Å². The number of aromatic nitrogens is 1. The Balaban J connectivity index is 1.64. The van der Waals surface area contributed by atoms with Crippen molar-refractivity contribution in [2.24, 2.45) is 0 Å². The molecule has 0 fully saturated rings. The predicted octanol–water partition coefficient (Wildman–Crippen LogP) is 1.55. The van der Waals surface area contributed by atoms with Crippen molar-refractivity contribution >= 4 is 17.7 Å². The number of anilines is 1. The van der Waals surface area contributed by atoms with Crippen molar-refractivity contribution in [3.05, 3.63) is 59.3 Å². The van der Waals surface area contributed by atoms with Gasteiger partial charge in [-0.05, 0) is 29.3 Å². The zero-order valence-electron chi connectivity index (χ0n) is 13.7. The van der Waals surface area contributed by atoms with Gasteiger partial charge >= 0.3 is 5.97 Å². The highest BCUT2D eigenvalue weighted by Crippen LogP contribution is 2.20. The molecule has 0 unspecified atom stereocenters. The van der Waals surface area contributed by atoms with E-state index in [0.29, 0.717) is 18.5 Å². The molecule has 0 aliphatic carbocycles. The maximum atomic E-state index is 12.3. The monoisotopic (exact) mass is 325 g/mol. The van der Waals surface area contributed by atoms with Crippen LogP contribution in [-0.2, 0) is 22.5 Å². The fourth-order valence-corrected chi connectivity index (χ4v) is 2.60. The summed E-state index contributed by atoms with van der Waals surface area (Å²) in [6.45, 7) is 0.359. The molecule has 24 heavy (non-hydrogen) atoms. The number of cyclic esters (lactones) is 1. The van der Waals surface area contributed by atoms with Crippen LogP contribution in [0.1, 0.15) is 21.5 Å². The summed E-state index contributed by atoms with van der Waals surface area (Å²) in [5, 5.41) is 2.82. The SMILES string of the molecule is CN(C)c1cc(CNC(=O)[C@H]2Cc3ccccc3C(=O)O2)ccn1. The number of rotatable bonds is 4. The largest absolute Gasteiger partial charge is 0.448 e. The van der Waals surface area contributed by atoms with Crippen LogP contribution in [0, 0.1) is 0 Å². The fourth-order valence-electron chi connectivity index (χ4n) is 2.60. The van der Waals surface area contributed by atoms with Gasteiger partial charge in [0.05, 0.1) is 5.56 Å². The van der Waals surface area contributed by atoms with Gasteiger partial charge in [-0.25, -0.2) is 9.78 Å². The number of hydrogen-bond acceptors (Lipinski definition) is 5. The summed E-state index contributed by atoms with van der Waals surface area (Å²) in [5.41, 5.74) is 2.31. The van der Waals surface area contributed by atoms with Gasteiger partial charge in [-0.1, -0.05) is 18.2 Å². The van der Waals surface area contributed by atoms with Crippen LogP contribution in [0.5, 0.6) is 0 Å². The molecule has 6 heteroatoms. The van der Waals surface area contributed by atoms with Crippen LogP contribution < -0.4 is 10.2 Å². The summed E-state index contributed by atoms with van der Waals surface area (Å²) in [4.78, 5) is 30.4. The summed E-state index contributed by atoms with van der Waals surface area (Å²) >= 11 is 0. The minimum atomic E-state index is -0.789. The first-order chi connectivity index (χ1) is 11.5. The van der Waals surface area contributed by atoms with Crippen molar-refractivity contribution in [3.8, 4) is 0 Å². The second-order valence-electron chi connectivity index (χ2n) is 5.89. The van der Waals surface area contributed by atoms with E-state index in [2.05, 4.69) is 10.3 Å². The third-order valence-electron chi connectivity index (χ3n) is 3.92. The third kappa shape index (κ3) is 3.37. The van der Waals surface area contributed by atoms with Crippen molar-refractivity contribution in [2.45, 2.75) is 19.1 Å². The molecule has 0 bridgehead atoms. The maximum absolute atomic E-state index is 12.3. The molecular formula is C18H19N3O3. The van der Waals surface area contributed by atoms with Gasteiger partial charge in [0.1, 0.15) is 5.82 Å². The number of carbonyl (C=O) groups is 2. The molecule has 1 N–H and O–H groups in total. The number of esters is 1. The van der Waals surface area contributed by atoms with Crippen LogP contribution in [0.2, 0.25) is 0 Å². The van der Waals surface area contributed by atoms with Crippen molar-refractivity contribution in [2.75, 3.05) is 19.0 Å². The zero-order chi connectivity index (χ0) is 17.1. The van der Waals surface area contributed by atoms with Gasteiger partial charge in [-0.3, -0.25) is 4.79 Å². The molecule has 1 amide bonds. The first kappa shape index (κ1) is 16.0. The molecule has 1 atom stereocenters.